The highest BCUT2D eigenvalue weighted by Crippen LogP contribution is 2.12. The molecular weight excluding hydrogens is 405 g/mol. The number of nitrogens with zero attached hydrogens (tertiary/aromatic N) is 5. The second-order valence-electron chi connectivity index (χ2n) is 6.10. The van der Waals surface area contributed by atoms with Gasteiger partial charge in [0.2, 0.25) is 0 Å². The zero-order valence-electron chi connectivity index (χ0n) is 14.6. The predicted octanol–water partition coefficient (Wildman–Crippen LogP) is 1.36. The number of nitrogens with one attached hydrogen (secondary N) is 2. The highest BCUT2D eigenvalue weighted by Gasteiger charge is 2.21. The van der Waals surface area contributed by atoms with Crippen LogP contribution in [0.5, 0.6) is 0 Å². The Morgan fingerprint density at radius 2 is 2.09 bits per heavy atom. The summed E-state index contributed by atoms with van der Waals surface area (Å²) in [7, 11) is 1.94. The van der Waals surface area contributed by atoms with Gasteiger partial charge in [0.1, 0.15) is 12.9 Å². The molecule has 132 valence electrons. The molecule has 0 aliphatic carbocycles. The fraction of sp³-hybridized carbons (Fsp3) is 0.800. The summed E-state index contributed by atoms with van der Waals surface area (Å²) in [5.74, 6) is 1.74. The molecule has 0 amide bonds. The van der Waals surface area contributed by atoms with Crippen LogP contribution in [0.3, 0.4) is 0 Å². The number of likely N-dealkylation sites (tertiary alicyclic amines) is 1. The number of rotatable bonds is 5. The van der Waals surface area contributed by atoms with Gasteiger partial charge in [-0.1, -0.05) is 0 Å². The zero-order valence-corrected chi connectivity index (χ0v) is 16.9. The number of hydrogen-bond donors (Lipinski definition) is 2. The third kappa shape index (κ3) is 6.25. The Morgan fingerprint density at radius 1 is 1.39 bits per heavy atom. The van der Waals surface area contributed by atoms with Crippen molar-refractivity contribution in [1.29, 1.82) is 0 Å². The van der Waals surface area contributed by atoms with Gasteiger partial charge in [-0.05, 0) is 33.6 Å². The summed E-state index contributed by atoms with van der Waals surface area (Å²) < 4.78 is 1.90. The molecule has 1 aromatic heterocycles. The van der Waals surface area contributed by atoms with Crippen LogP contribution in [0.2, 0.25) is 0 Å². The Balaban J connectivity index is 0.00000264. The summed E-state index contributed by atoms with van der Waals surface area (Å²) in [6.07, 6.45) is 4.02. The molecule has 8 heteroatoms. The molecule has 2 heterocycles. The number of aliphatic imine (C=N–C) groups is 1. The van der Waals surface area contributed by atoms with Gasteiger partial charge in [0, 0.05) is 38.8 Å². The minimum atomic E-state index is 0. The highest BCUT2D eigenvalue weighted by atomic mass is 127. The second kappa shape index (κ2) is 10.1. The van der Waals surface area contributed by atoms with Crippen molar-refractivity contribution in [3.05, 3.63) is 12.2 Å². The molecule has 0 saturated carbocycles. The number of halogens is 1. The molecule has 0 bridgehead atoms. The van der Waals surface area contributed by atoms with Crippen LogP contribution in [0.4, 0.5) is 0 Å². The number of aryl methyl sites for hydroxylation is 1. The van der Waals surface area contributed by atoms with E-state index in [-0.39, 0.29) is 24.0 Å². The lowest BCUT2D eigenvalue weighted by Crippen LogP contribution is -2.49. The van der Waals surface area contributed by atoms with E-state index in [0.29, 0.717) is 18.6 Å². The molecule has 1 saturated heterocycles. The van der Waals surface area contributed by atoms with Crippen molar-refractivity contribution in [2.45, 2.75) is 52.2 Å². The smallest absolute Gasteiger partial charge is 0.191 e. The third-order valence-electron chi connectivity index (χ3n) is 4.13. The van der Waals surface area contributed by atoms with Gasteiger partial charge in [-0.3, -0.25) is 0 Å². The molecule has 1 fully saturated rings. The van der Waals surface area contributed by atoms with Crippen molar-refractivity contribution in [3.63, 3.8) is 0 Å². The van der Waals surface area contributed by atoms with Crippen molar-refractivity contribution in [3.8, 4) is 0 Å². The molecule has 7 nitrogen and oxygen atoms in total. The first-order valence-corrected chi connectivity index (χ1v) is 8.22. The van der Waals surface area contributed by atoms with Gasteiger partial charge < -0.3 is 20.1 Å². The zero-order chi connectivity index (χ0) is 15.9. The SMILES string of the molecule is CCNC(=NCc1nncn1C)NC1CCN(C(C)C)CC1.I. The van der Waals surface area contributed by atoms with E-state index in [9.17, 15) is 0 Å². The summed E-state index contributed by atoms with van der Waals surface area (Å²) in [6.45, 7) is 10.3. The van der Waals surface area contributed by atoms with Crippen molar-refractivity contribution in [1.82, 2.24) is 30.3 Å². The number of guanidine groups is 1. The molecular formula is C15H30IN7. The second-order valence-corrected chi connectivity index (χ2v) is 6.10. The maximum absolute atomic E-state index is 4.62. The minimum absolute atomic E-state index is 0. The lowest BCUT2D eigenvalue weighted by Gasteiger charge is -2.35. The molecule has 2 rings (SSSR count). The van der Waals surface area contributed by atoms with E-state index in [1.807, 2.05) is 11.6 Å². The Bertz CT molecular complexity index is 478. The van der Waals surface area contributed by atoms with Gasteiger partial charge in [0.15, 0.2) is 11.8 Å². The quantitative estimate of drug-likeness (QED) is 0.415. The summed E-state index contributed by atoms with van der Waals surface area (Å²) in [5, 5.41) is 14.8. The average molecular weight is 435 g/mol. The van der Waals surface area contributed by atoms with Crippen LogP contribution in [0.15, 0.2) is 11.3 Å². The summed E-state index contributed by atoms with van der Waals surface area (Å²) in [6, 6.07) is 1.13. The molecule has 2 N–H and O–H groups in total. The van der Waals surface area contributed by atoms with E-state index in [2.05, 4.69) is 51.5 Å². The predicted molar refractivity (Wildman–Crippen MR) is 104 cm³/mol. The van der Waals surface area contributed by atoms with Crippen LogP contribution in [0.1, 0.15) is 39.4 Å². The minimum Gasteiger partial charge on any atom is -0.357 e. The molecule has 1 aromatic rings. The molecule has 1 aliphatic rings. The Morgan fingerprint density at radius 3 is 2.61 bits per heavy atom. The van der Waals surface area contributed by atoms with E-state index in [1.54, 1.807) is 6.33 Å². The molecule has 0 spiro atoms. The molecule has 0 unspecified atom stereocenters. The van der Waals surface area contributed by atoms with Gasteiger partial charge in [0.25, 0.3) is 0 Å². The highest BCUT2D eigenvalue weighted by molar-refractivity contribution is 14.0. The van der Waals surface area contributed by atoms with Crippen molar-refractivity contribution in [2.24, 2.45) is 12.0 Å². The lowest BCUT2D eigenvalue weighted by atomic mass is 10.0. The first-order chi connectivity index (χ1) is 10.6. The van der Waals surface area contributed by atoms with Gasteiger partial charge >= 0.3 is 0 Å². The summed E-state index contributed by atoms with van der Waals surface area (Å²) >= 11 is 0. The number of piperidine rings is 1. The Kier molecular flexibility index (Phi) is 8.82. The monoisotopic (exact) mass is 435 g/mol. The van der Waals surface area contributed by atoms with Crippen LogP contribution in [-0.2, 0) is 13.6 Å². The van der Waals surface area contributed by atoms with Gasteiger partial charge in [-0.15, -0.1) is 34.2 Å². The van der Waals surface area contributed by atoms with E-state index >= 15 is 0 Å². The fourth-order valence-corrected chi connectivity index (χ4v) is 2.67. The lowest BCUT2D eigenvalue weighted by molar-refractivity contribution is 0.167. The Labute approximate surface area is 156 Å². The fourth-order valence-electron chi connectivity index (χ4n) is 2.67. The third-order valence-corrected chi connectivity index (χ3v) is 4.13. The molecule has 0 aromatic carbocycles. The van der Waals surface area contributed by atoms with Crippen molar-refractivity contribution >= 4 is 29.9 Å². The van der Waals surface area contributed by atoms with Crippen LogP contribution in [0, 0.1) is 0 Å². The van der Waals surface area contributed by atoms with Crippen molar-refractivity contribution in [2.75, 3.05) is 19.6 Å². The molecule has 23 heavy (non-hydrogen) atoms. The summed E-state index contributed by atoms with van der Waals surface area (Å²) in [5.41, 5.74) is 0. The maximum atomic E-state index is 4.62. The maximum Gasteiger partial charge on any atom is 0.191 e. The standard InChI is InChI=1S/C15H29N7.HI/c1-5-16-15(17-10-14-20-18-11-21(14)4)19-13-6-8-22(9-7-13)12(2)3;/h11-13H,5-10H2,1-4H3,(H2,16,17,19);1H. The largest absolute Gasteiger partial charge is 0.357 e. The number of hydrogen-bond acceptors (Lipinski definition) is 4. The van der Waals surface area contributed by atoms with Gasteiger partial charge in [0.05, 0.1) is 0 Å². The first kappa shape index (κ1) is 20.1. The van der Waals surface area contributed by atoms with Crippen LogP contribution in [0.25, 0.3) is 0 Å². The Hall–Kier alpha value is -0.900. The van der Waals surface area contributed by atoms with Crippen molar-refractivity contribution < 1.29 is 0 Å². The van der Waals surface area contributed by atoms with Crippen LogP contribution < -0.4 is 10.6 Å². The van der Waals surface area contributed by atoms with Crippen LogP contribution in [-0.4, -0.2) is 57.3 Å². The first-order valence-electron chi connectivity index (χ1n) is 8.22. The molecule has 1 aliphatic heterocycles. The number of aromatic nitrogens is 3. The van der Waals surface area contributed by atoms with Gasteiger partial charge in [-0.25, -0.2) is 4.99 Å². The topological polar surface area (TPSA) is 70.4 Å². The van der Waals surface area contributed by atoms with E-state index < -0.39 is 0 Å². The summed E-state index contributed by atoms with van der Waals surface area (Å²) in [4.78, 5) is 7.15. The van der Waals surface area contributed by atoms with E-state index in [0.717, 1.165) is 44.3 Å². The molecule has 0 radical (unpaired) electrons. The average Bonchev–Trinajstić information content (AvgIpc) is 2.91. The van der Waals surface area contributed by atoms with Crippen LogP contribution >= 0.6 is 24.0 Å². The van der Waals surface area contributed by atoms with E-state index in [4.69, 9.17) is 0 Å². The normalized spacial score (nSPS) is 17.2. The van der Waals surface area contributed by atoms with E-state index in [1.165, 1.54) is 0 Å². The van der Waals surface area contributed by atoms with Gasteiger partial charge in [-0.2, -0.15) is 0 Å². The molecule has 0 atom stereocenters.